The summed E-state index contributed by atoms with van der Waals surface area (Å²) < 4.78 is 0. The summed E-state index contributed by atoms with van der Waals surface area (Å²) in [5.41, 5.74) is 27.2. The lowest BCUT2D eigenvalue weighted by Gasteiger charge is -2.30. The van der Waals surface area contributed by atoms with Gasteiger partial charge in [-0.2, -0.15) is 0 Å². The molecule has 9 amide bonds. The van der Waals surface area contributed by atoms with E-state index in [0.717, 1.165) is 0 Å². The highest BCUT2D eigenvalue weighted by molar-refractivity contribution is 5.98. The molecular weight excluding hydrogens is 883 g/mol. The molecule has 0 saturated carbocycles. The molecule has 28 heteroatoms. The number of aromatic nitrogens is 2. The van der Waals surface area contributed by atoms with Crippen molar-refractivity contribution in [2.75, 3.05) is 32.8 Å². The maximum absolute atomic E-state index is 14.2. The van der Waals surface area contributed by atoms with Crippen LogP contribution in [0.3, 0.4) is 0 Å². The van der Waals surface area contributed by atoms with Gasteiger partial charge in [0.25, 0.3) is 0 Å². The number of aromatic amines is 1. The summed E-state index contributed by atoms with van der Waals surface area (Å²) in [6.45, 7) is 4.07. The predicted octanol–water partition coefficient (Wildman–Crippen LogP) is -7.39. The van der Waals surface area contributed by atoms with Gasteiger partial charge in [-0.3, -0.25) is 53.1 Å². The van der Waals surface area contributed by atoms with E-state index in [4.69, 9.17) is 28.7 Å². The van der Waals surface area contributed by atoms with Gasteiger partial charge in [-0.1, -0.05) is 13.8 Å². The van der Waals surface area contributed by atoms with Crippen molar-refractivity contribution in [1.29, 1.82) is 0 Å². The van der Waals surface area contributed by atoms with Gasteiger partial charge in [0.2, 0.25) is 53.2 Å². The van der Waals surface area contributed by atoms with Crippen molar-refractivity contribution < 1.29 is 53.4 Å². The van der Waals surface area contributed by atoms with Crippen LogP contribution >= 0.6 is 0 Å². The van der Waals surface area contributed by atoms with Crippen LogP contribution in [0.5, 0.6) is 0 Å². The number of likely N-dealkylation sites (tertiary alicyclic amines) is 1. The number of rotatable bonds is 28. The first-order valence-corrected chi connectivity index (χ1v) is 21.6. The van der Waals surface area contributed by atoms with E-state index in [-0.39, 0.29) is 63.7 Å². The maximum Gasteiger partial charge on any atom is 0.246 e. The minimum absolute atomic E-state index is 0.00129. The molecule has 1 aromatic rings. The number of carbonyl (C=O) groups excluding carboxylic acids is 9. The Hall–Kier alpha value is -7.10. The van der Waals surface area contributed by atoms with Gasteiger partial charge < -0.3 is 86.0 Å². The molecule has 1 fully saturated rings. The molecule has 0 bridgehead atoms. The average molecular weight is 950 g/mol. The summed E-state index contributed by atoms with van der Waals surface area (Å²) in [4.78, 5) is 134. The molecule has 2 heterocycles. The molecule has 8 atom stereocenters. The summed E-state index contributed by atoms with van der Waals surface area (Å²) in [5, 5.41) is 37.6. The van der Waals surface area contributed by atoms with Crippen LogP contribution in [0.25, 0.3) is 0 Å². The normalized spacial score (nSPS) is 16.3. The van der Waals surface area contributed by atoms with Crippen molar-refractivity contribution in [2.45, 2.75) is 121 Å². The van der Waals surface area contributed by atoms with E-state index in [0.29, 0.717) is 18.5 Å². The largest absolute Gasteiger partial charge is 0.394 e. The number of imidazole rings is 1. The number of hydrogen-bond donors (Lipinski definition) is 15. The number of carbonyl (C=O) groups is 9. The van der Waals surface area contributed by atoms with Crippen molar-refractivity contribution in [3.63, 3.8) is 0 Å². The van der Waals surface area contributed by atoms with Crippen LogP contribution in [0.15, 0.2) is 22.5 Å². The lowest BCUT2D eigenvalue weighted by atomic mass is 10.0. The van der Waals surface area contributed by atoms with Gasteiger partial charge in [0.1, 0.15) is 48.3 Å². The van der Waals surface area contributed by atoms with Crippen LogP contribution in [-0.4, -0.2) is 171 Å². The zero-order chi connectivity index (χ0) is 50.4. The number of nitrogens with two attached hydrogens (primary N) is 5. The maximum atomic E-state index is 14.2. The quantitative estimate of drug-likeness (QED) is 0.0211. The number of guanidine groups is 2. The average Bonchev–Trinajstić information content (AvgIpc) is 3.98. The lowest BCUT2D eigenvalue weighted by molar-refractivity contribution is -0.142. The molecule has 0 aliphatic carbocycles. The van der Waals surface area contributed by atoms with Gasteiger partial charge in [-0.15, -0.1) is 0 Å². The van der Waals surface area contributed by atoms with Gasteiger partial charge >= 0.3 is 0 Å². The first-order chi connectivity index (χ1) is 31.6. The predicted molar refractivity (Wildman–Crippen MR) is 240 cm³/mol. The van der Waals surface area contributed by atoms with Gasteiger partial charge in [-0.25, -0.2) is 4.98 Å². The fourth-order valence-electron chi connectivity index (χ4n) is 6.75. The monoisotopic (exact) mass is 950 g/mol. The smallest absolute Gasteiger partial charge is 0.246 e. The fourth-order valence-corrected chi connectivity index (χ4v) is 6.75. The van der Waals surface area contributed by atoms with Gasteiger partial charge in [0.15, 0.2) is 11.9 Å². The van der Waals surface area contributed by atoms with E-state index in [9.17, 15) is 53.4 Å². The lowest BCUT2D eigenvalue weighted by Crippen LogP contribution is -2.61. The van der Waals surface area contributed by atoms with E-state index < -0.39 is 121 Å². The van der Waals surface area contributed by atoms with Crippen LogP contribution in [0.2, 0.25) is 0 Å². The summed E-state index contributed by atoms with van der Waals surface area (Å²) in [6, 6.07) is -10.6. The number of aliphatic hydroxyl groups is 2. The Kier molecular flexibility index (Phi) is 23.5. The zero-order valence-corrected chi connectivity index (χ0v) is 38.1. The molecule has 1 aromatic heterocycles. The Morgan fingerprint density at radius 3 is 1.73 bits per heavy atom. The Balaban J connectivity index is 2.20. The fraction of sp³-hybridized carbons (Fsp3) is 0.641. The second-order valence-corrected chi connectivity index (χ2v) is 16.1. The highest BCUT2D eigenvalue weighted by Crippen LogP contribution is 2.20. The number of nitrogens with zero attached hydrogens (tertiary/aromatic N) is 4. The molecule has 1 saturated heterocycles. The zero-order valence-electron chi connectivity index (χ0n) is 38.1. The van der Waals surface area contributed by atoms with E-state index in [1.807, 2.05) is 0 Å². The highest BCUT2D eigenvalue weighted by atomic mass is 16.3. The van der Waals surface area contributed by atoms with E-state index in [1.165, 1.54) is 31.3 Å². The molecule has 0 aromatic carbocycles. The molecule has 2 rings (SSSR count). The van der Waals surface area contributed by atoms with Crippen molar-refractivity contribution in [3.05, 3.63) is 18.2 Å². The molecule has 1 aliphatic rings. The first kappa shape index (κ1) is 56.0. The number of hydrogen-bond acceptors (Lipinski definition) is 14. The van der Waals surface area contributed by atoms with Gasteiger partial charge in [0, 0.05) is 44.9 Å². The van der Waals surface area contributed by atoms with Crippen LogP contribution < -0.4 is 65.9 Å². The van der Waals surface area contributed by atoms with Crippen molar-refractivity contribution in [2.24, 2.45) is 44.6 Å². The van der Waals surface area contributed by atoms with Crippen molar-refractivity contribution in [3.8, 4) is 0 Å². The molecule has 0 radical (unpaired) electrons. The number of amides is 9. The van der Waals surface area contributed by atoms with Crippen molar-refractivity contribution >= 4 is 65.1 Å². The Labute approximate surface area is 386 Å². The third kappa shape index (κ3) is 19.1. The van der Waals surface area contributed by atoms with E-state index >= 15 is 0 Å². The topological polar surface area (TPSA) is 465 Å². The number of aliphatic hydroxyl groups excluding tert-OH is 2. The van der Waals surface area contributed by atoms with E-state index in [2.05, 4.69) is 57.2 Å². The minimum atomic E-state index is -1.72. The van der Waals surface area contributed by atoms with E-state index in [1.54, 1.807) is 13.8 Å². The third-order valence-corrected chi connectivity index (χ3v) is 10.3. The van der Waals surface area contributed by atoms with Crippen LogP contribution in [0.1, 0.15) is 71.9 Å². The minimum Gasteiger partial charge on any atom is -0.394 e. The summed E-state index contributed by atoms with van der Waals surface area (Å²) >= 11 is 0. The number of aliphatic imine (C=N–C) groups is 2. The SMILES string of the molecule is CC(=O)N[C@@H](CCCN=C(N)N)C(=O)N[C@@H](Cc1cnc[nH]1)C(=O)N1CCC[C@H]1C(=O)N[C@@H](CO)C(=O)N[C@@H](CO)C(=O)N[C@H](C(=O)N[C@@H](CCCN=C(N)N)C(=O)N[C@@H](C)C(N)=O)C(C)C. The number of nitrogens with one attached hydrogen (secondary N) is 8. The molecule has 28 nitrogen and oxygen atoms in total. The molecule has 0 spiro atoms. The Morgan fingerprint density at radius 2 is 1.22 bits per heavy atom. The van der Waals surface area contributed by atoms with Crippen LogP contribution in [0.4, 0.5) is 0 Å². The Bertz CT molecular complexity index is 1920. The summed E-state index contributed by atoms with van der Waals surface area (Å²) in [7, 11) is 0. The molecule has 67 heavy (non-hydrogen) atoms. The Morgan fingerprint density at radius 1 is 0.716 bits per heavy atom. The van der Waals surface area contributed by atoms with Crippen LogP contribution in [0, 0.1) is 5.92 Å². The molecular formula is C39H67N17O11. The molecule has 0 unspecified atom stereocenters. The number of primary amides is 1. The summed E-state index contributed by atoms with van der Waals surface area (Å²) in [5.74, 6) is -8.29. The van der Waals surface area contributed by atoms with Crippen LogP contribution in [-0.2, 0) is 49.6 Å². The third-order valence-electron chi connectivity index (χ3n) is 10.3. The first-order valence-electron chi connectivity index (χ1n) is 21.6. The molecule has 374 valence electrons. The molecule has 1 aliphatic heterocycles. The van der Waals surface area contributed by atoms with Gasteiger partial charge in [0.05, 0.1) is 19.5 Å². The standard InChI is InChI=1S/C39H67N17O11/c1-19(2)29(36(66)51-24(9-6-12-47-39(43)44)31(61)49-20(3)30(40)60)55-34(64)27(17-58)53-33(63)26(16-57)54-35(65)28-10-7-13-56(28)37(67)25(14-22-15-45-18-48-22)52-32(62)23(50-21(4)59)8-5-11-46-38(41)42/h15,18-20,23-29,57-58H,5-14,16-17H2,1-4H3,(H2,40,60)(H,45,48)(H,49,61)(H,50,59)(H,51,66)(H,52,62)(H,53,63)(H,54,65)(H,55,64)(H4,41,42,46)(H4,43,44,47)/t20-,23-,24-,25-,26-,27-,28-,29-/m0/s1. The highest BCUT2D eigenvalue weighted by Gasteiger charge is 2.40. The summed E-state index contributed by atoms with van der Waals surface area (Å²) in [6.07, 6.45) is 3.83. The second kappa shape index (κ2) is 28.1. The number of H-pyrrole nitrogens is 1. The second-order valence-electron chi connectivity index (χ2n) is 16.1. The molecule has 20 N–H and O–H groups in total. The van der Waals surface area contributed by atoms with Gasteiger partial charge in [-0.05, 0) is 51.4 Å². The van der Waals surface area contributed by atoms with Crippen molar-refractivity contribution in [1.82, 2.24) is 52.1 Å².